The van der Waals surface area contributed by atoms with E-state index < -0.39 is 0 Å². The number of aliphatic imine (C=N–C) groups is 1. The average Bonchev–Trinajstić information content (AvgIpc) is 2.98. The molecular weight excluding hydrogens is 455 g/mol. The number of ether oxygens (including phenoxy) is 1. The molecule has 0 aliphatic carbocycles. The first-order valence-corrected chi connectivity index (χ1v) is 8.18. The maximum atomic E-state index is 5.86. The summed E-state index contributed by atoms with van der Waals surface area (Å²) in [5, 5.41) is 8.01. The molecule has 0 spiro atoms. The predicted octanol–water partition coefficient (Wildman–Crippen LogP) is 2.56. The van der Waals surface area contributed by atoms with E-state index in [1.165, 1.54) is 6.33 Å². The Labute approximate surface area is 170 Å². The number of hydrogen-bond acceptors (Lipinski definition) is 4. The molecule has 0 aliphatic heterocycles. The Morgan fingerprint density at radius 2 is 2.08 bits per heavy atom. The van der Waals surface area contributed by atoms with E-state index >= 15 is 0 Å². The number of likely N-dealkylation sites (N-methyl/N-ethyl adjacent to an activating group) is 1. The maximum Gasteiger partial charge on any atom is 0.194 e. The van der Waals surface area contributed by atoms with Gasteiger partial charge in [-0.1, -0.05) is 11.6 Å². The van der Waals surface area contributed by atoms with E-state index in [0.717, 1.165) is 24.1 Å². The van der Waals surface area contributed by atoms with Crippen molar-refractivity contribution in [2.75, 3.05) is 26.7 Å². The number of rotatable bonds is 7. The van der Waals surface area contributed by atoms with Crippen molar-refractivity contribution in [3.63, 3.8) is 0 Å². The third kappa shape index (κ3) is 7.07. The van der Waals surface area contributed by atoms with E-state index in [1.807, 2.05) is 50.2 Å². The van der Waals surface area contributed by atoms with Crippen LogP contribution in [0.2, 0.25) is 5.02 Å². The number of aromatic nitrogens is 3. The minimum Gasteiger partial charge on any atom is -0.492 e. The molecule has 9 heteroatoms. The van der Waals surface area contributed by atoms with Crippen LogP contribution in [0.4, 0.5) is 0 Å². The van der Waals surface area contributed by atoms with Crippen LogP contribution < -0.4 is 10.1 Å². The molecule has 0 aliphatic rings. The van der Waals surface area contributed by atoms with Crippen molar-refractivity contribution in [3.8, 4) is 5.75 Å². The molecular formula is C16H24ClIN6O. The van der Waals surface area contributed by atoms with E-state index in [0.29, 0.717) is 24.7 Å². The van der Waals surface area contributed by atoms with Crippen molar-refractivity contribution < 1.29 is 4.74 Å². The van der Waals surface area contributed by atoms with Crippen LogP contribution in [0.25, 0.3) is 0 Å². The van der Waals surface area contributed by atoms with E-state index in [4.69, 9.17) is 16.3 Å². The molecule has 7 nitrogen and oxygen atoms in total. The number of aryl methyl sites for hydroxylation is 1. The lowest BCUT2D eigenvalue weighted by Gasteiger charge is -2.22. The first-order valence-electron chi connectivity index (χ1n) is 7.81. The standard InChI is InChI=1S/C16H23ClN6O.HI/c1-4-18-16(19-11-15-20-12-21-23(15)3)22(2)9-10-24-14-7-5-13(17)6-8-14;/h5-8,12H,4,9-11H2,1-3H3,(H,18,19);1H. The molecule has 2 aromatic rings. The summed E-state index contributed by atoms with van der Waals surface area (Å²) >= 11 is 5.86. The third-order valence-electron chi connectivity index (χ3n) is 3.38. The molecule has 25 heavy (non-hydrogen) atoms. The molecule has 0 amide bonds. The quantitative estimate of drug-likeness (QED) is 0.376. The van der Waals surface area contributed by atoms with Crippen LogP contribution in [-0.2, 0) is 13.6 Å². The zero-order valence-electron chi connectivity index (χ0n) is 14.6. The van der Waals surface area contributed by atoms with Crippen molar-refractivity contribution >= 4 is 41.5 Å². The summed E-state index contributed by atoms with van der Waals surface area (Å²) in [6.45, 7) is 4.55. The lowest BCUT2D eigenvalue weighted by atomic mass is 10.3. The highest BCUT2D eigenvalue weighted by Gasteiger charge is 2.07. The molecule has 0 saturated heterocycles. The lowest BCUT2D eigenvalue weighted by molar-refractivity contribution is 0.281. The van der Waals surface area contributed by atoms with E-state index in [1.54, 1.807) is 4.68 Å². The summed E-state index contributed by atoms with van der Waals surface area (Å²) in [5.74, 6) is 2.42. The second-order valence-electron chi connectivity index (χ2n) is 5.19. The second-order valence-corrected chi connectivity index (χ2v) is 5.63. The Hall–Kier alpha value is -1.55. The minimum absolute atomic E-state index is 0. The number of halogens is 2. The van der Waals surface area contributed by atoms with Gasteiger partial charge in [0.1, 0.15) is 31.1 Å². The van der Waals surface area contributed by atoms with Gasteiger partial charge in [0.2, 0.25) is 0 Å². The summed E-state index contributed by atoms with van der Waals surface area (Å²) in [4.78, 5) is 10.8. The van der Waals surface area contributed by atoms with E-state index in [2.05, 4.69) is 20.4 Å². The fourth-order valence-electron chi connectivity index (χ4n) is 2.02. The Morgan fingerprint density at radius 1 is 1.36 bits per heavy atom. The Bertz CT molecular complexity index is 661. The fourth-order valence-corrected chi connectivity index (χ4v) is 2.14. The van der Waals surface area contributed by atoms with Gasteiger partial charge in [-0.2, -0.15) is 5.10 Å². The molecule has 1 N–H and O–H groups in total. The number of hydrogen-bond donors (Lipinski definition) is 1. The summed E-state index contributed by atoms with van der Waals surface area (Å²) in [6.07, 6.45) is 1.53. The highest BCUT2D eigenvalue weighted by molar-refractivity contribution is 14.0. The lowest BCUT2D eigenvalue weighted by Crippen LogP contribution is -2.40. The van der Waals surface area contributed by atoms with Gasteiger partial charge in [-0.05, 0) is 31.2 Å². The third-order valence-corrected chi connectivity index (χ3v) is 3.63. The first-order chi connectivity index (χ1) is 11.6. The molecule has 1 heterocycles. The van der Waals surface area contributed by atoms with E-state index in [-0.39, 0.29) is 24.0 Å². The van der Waals surface area contributed by atoms with Gasteiger partial charge in [-0.15, -0.1) is 24.0 Å². The summed E-state index contributed by atoms with van der Waals surface area (Å²) in [5.41, 5.74) is 0. The average molecular weight is 479 g/mol. The number of nitrogens with one attached hydrogen (secondary N) is 1. The summed E-state index contributed by atoms with van der Waals surface area (Å²) in [7, 11) is 3.83. The molecule has 1 aromatic heterocycles. The molecule has 0 saturated carbocycles. The van der Waals surface area contributed by atoms with Gasteiger partial charge < -0.3 is 15.0 Å². The second kappa shape index (κ2) is 11.1. The van der Waals surface area contributed by atoms with Gasteiger partial charge in [-0.25, -0.2) is 9.98 Å². The van der Waals surface area contributed by atoms with Crippen molar-refractivity contribution in [2.45, 2.75) is 13.5 Å². The number of benzene rings is 1. The topological polar surface area (TPSA) is 67.6 Å². The molecule has 1 aromatic carbocycles. The monoisotopic (exact) mass is 478 g/mol. The van der Waals surface area contributed by atoms with Gasteiger partial charge in [-0.3, -0.25) is 4.68 Å². The van der Waals surface area contributed by atoms with Crippen molar-refractivity contribution in [1.29, 1.82) is 0 Å². The van der Waals surface area contributed by atoms with Crippen LogP contribution in [0.5, 0.6) is 5.75 Å². The zero-order valence-corrected chi connectivity index (χ0v) is 17.7. The Kier molecular flexibility index (Phi) is 9.58. The van der Waals surface area contributed by atoms with Gasteiger partial charge in [0, 0.05) is 25.7 Å². The van der Waals surface area contributed by atoms with Crippen molar-refractivity contribution in [2.24, 2.45) is 12.0 Å². The molecule has 0 unspecified atom stereocenters. The predicted molar refractivity (Wildman–Crippen MR) is 111 cm³/mol. The minimum atomic E-state index is 0. The SMILES string of the molecule is CCNC(=NCc1ncnn1C)N(C)CCOc1ccc(Cl)cc1.I. The van der Waals surface area contributed by atoms with Crippen LogP contribution in [0.15, 0.2) is 35.6 Å². The molecule has 0 bridgehead atoms. The molecule has 138 valence electrons. The van der Waals surface area contributed by atoms with Gasteiger partial charge in [0.05, 0.1) is 6.54 Å². The largest absolute Gasteiger partial charge is 0.492 e. The van der Waals surface area contributed by atoms with E-state index in [9.17, 15) is 0 Å². The smallest absolute Gasteiger partial charge is 0.194 e. The summed E-state index contributed by atoms with van der Waals surface area (Å²) < 4.78 is 7.44. The van der Waals surface area contributed by atoms with Crippen molar-refractivity contribution in [1.82, 2.24) is 25.0 Å². The summed E-state index contributed by atoms with van der Waals surface area (Å²) in [6, 6.07) is 7.34. The van der Waals surface area contributed by atoms with Gasteiger partial charge in [0.25, 0.3) is 0 Å². The molecule has 0 fully saturated rings. The van der Waals surface area contributed by atoms with Crippen molar-refractivity contribution in [3.05, 3.63) is 41.4 Å². The number of nitrogens with zero attached hydrogens (tertiary/aromatic N) is 5. The molecule has 0 atom stereocenters. The van der Waals surface area contributed by atoms with Crippen LogP contribution in [0.1, 0.15) is 12.7 Å². The fraction of sp³-hybridized carbons (Fsp3) is 0.438. The van der Waals surface area contributed by atoms with Crippen LogP contribution in [0, 0.1) is 0 Å². The van der Waals surface area contributed by atoms with Gasteiger partial charge >= 0.3 is 0 Å². The number of guanidine groups is 1. The maximum absolute atomic E-state index is 5.86. The molecule has 2 rings (SSSR count). The highest BCUT2D eigenvalue weighted by atomic mass is 127. The van der Waals surface area contributed by atoms with Crippen LogP contribution >= 0.6 is 35.6 Å². The van der Waals surface area contributed by atoms with Crippen LogP contribution in [0.3, 0.4) is 0 Å². The molecule has 0 radical (unpaired) electrons. The van der Waals surface area contributed by atoms with Gasteiger partial charge in [0.15, 0.2) is 5.96 Å². The zero-order chi connectivity index (χ0) is 17.4. The highest BCUT2D eigenvalue weighted by Crippen LogP contribution is 2.15. The first kappa shape index (κ1) is 21.5. The Balaban J connectivity index is 0.00000312. The normalized spacial score (nSPS) is 11.0. The van der Waals surface area contributed by atoms with Crippen LogP contribution in [-0.4, -0.2) is 52.4 Å². The Morgan fingerprint density at radius 3 is 2.68 bits per heavy atom.